The fourth-order valence-corrected chi connectivity index (χ4v) is 6.32. The van der Waals surface area contributed by atoms with Gasteiger partial charge < -0.3 is 4.74 Å². The Hall–Kier alpha value is -2.74. The Balaban J connectivity index is 1.84. The highest BCUT2D eigenvalue weighted by Gasteiger charge is 2.35. The van der Waals surface area contributed by atoms with Gasteiger partial charge in [-0.15, -0.1) is 0 Å². The van der Waals surface area contributed by atoms with Gasteiger partial charge in [0.2, 0.25) is 0 Å². The van der Waals surface area contributed by atoms with Gasteiger partial charge in [0.15, 0.2) is 15.5 Å². The summed E-state index contributed by atoms with van der Waals surface area (Å²) < 4.78 is 31.2. The molecule has 3 aromatic rings. The molecule has 3 heterocycles. The van der Waals surface area contributed by atoms with Crippen LogP contribution in [-0.2, 0) is 27.4 Å². The molecule has 1 aromatic carbocycles. The standard InChI is InChI=1S/C22H23N3O4S/c1-13-6-8-14(9-7-13)20-19-18(22(26)29-2)16-4-3-5-17(16)23-21(19)25(24-20)15-10-11-30(27,28)12-15/h6-9,15H,3-5,10-12H2,1-2H3/t15-/m1/s1. The van der Waals surface area contributed by atoms with E-state index in [9.17, 15) is 13.2 Å². The largest absolute Gasteiger partial charge is 0.465 e. The van der Waals surface area contributed by atoms with Crippen molar-refractivity contribution < 1.29 is 17.9 Å². The number of benzene rings is 1. The Bertz CT molecular complexity index is 1280. The van der Waals surface area contributed by atoms with Crippen molar-refractivity contribution in [1.29, 1.82) is 0 Å². The molecule has 7 nitrogen and oxygen atoms in total. The summed E-state index contributed by atoms with van der Waals surface area (Å²) in [6.45, 7) is 2.01. The van der Waals surface area contributed by atoms with E-state index < -0.39 is 15.8 Å². The normalized spacial score (nSPS) is 19.9. The van der Waals surface area contributed by atoms with E-state index in [2.05, 4.69) is 0 Å². The third-order valence-electron chi connectivity index (χ3n) is 6.14. The molecular weight excluding hydrogens is 402 g/mol. The number of hydrogen-bond acceptors (Lipinski definition) is 6. The van der Waals surface area contributed by atoms with Crippen molar-refractivity contribution in [1.82, 2.24) is 14.8 Å². The molecule has 0 spiro atoms. The molecule has 2 aromatic heterocycles. The van der Waals surface area contributed by atoms with Crippen LogP contribution in [0.4, 0.5) is 0 Å². The molecule has 1 fully saturated rings. The van der Waals surface area contributed by atoms with Gasteiger partial charge in [0.1, 0.15) is 5.69 Å². The van der Waals surface area contributed by atoms with Crippen LogP contribution >= 0.6 is 0 Å². The van der Waals surface area contributed by atoms with Crippen LogP contribution < -0.4 is 0 Å². The number of ether oxygens (including phenoxy) is 1. The number of fused-ring (bicyclic) bond motifs is 2. The number of esters is 1. The molecule has 8 heteroatoms. The number of carbonyl (C=O) groups excluding carboxylic acids is 1. The van der Waals surface area contributed by atoms with Crippen molar-refractivity contribution in [3.8, 4) is 11.3 Å². The predicted molar refractivity (Wildman–Crippen MR) is 113 cm³/mol. The van der Waals surface area contributed by atoms with E-state index in [0.29, 0.717) is 28.7 Å². The number of aromatic nitrogens is 3. The minimum absolute atomic E-state index is 0.0451. The second-order valence-corrected chi connectivity index (χ2v) is 10.4. The lowest BCUT2D eigenvalue weighted by Gasteiger charge is -2.12. The summed E-state index contributed by atoms with van der Waals surface area (Å²) in [5, 5.41) is 5.50. The highest BCUT2D eigenvalue weighted by atomic mass is 32.2. The second kappa shape index (κ2) is 6.91. The first kappa shape index (κ1) is 19.2. The van der Waals surface area contributed by atoms with Crippen LogP contribution in [-0.4, -0.2) is 47.8 Å². The van der Waals surface area contributed by atoms with Crippen LogP contribution in [0.1, 0.15) is 46.1 Å². The third kappa shape index (κ3) is 3.01. The lowest BCUT2D eigenvalue weighted by molar-refractivity contribution is 0.0601. The fourth-order valence-electron chi connectivity index (χ4n) is 4.63. The summed E-state index contributed by atoms with van der Waals surface area (Å²) in [5.41, 5.74) is 5.57. The molecule has 0 unspecified atom stereocenters. The van der Waals surface area contributed by atoms with Crippen molar-refractivity contribution in [3.63, 3.8) is 0 Å². The predicted octanol–water partition coefficient (Wildman–Crippen LogP) is 3.04. The molecule has 0 radical (unpaired) electrons. The second-order valence-electron chi connectivity index (χ2n) is 8.17. The van der Waals surface area contributed by atoms with E-state index in [0.717, 1.165) is 41.6 Å². The minimum Gasteiger partial charge on any atom is -0.465 e. The van der Waals surface area contributed by atoms with Gasteiger partial charge in [0, 0.05) is 11.3 Å². The van der Waals surface area contributed by atoms with E-state index in [1.165, 1.54) is 7.11 Å². The van der Waals surface area contributed by atoms with Crippen LogP contribution in [0, 0.1) is 6.92 Å². The lowest BCUT2D eigenvalue weighted by atomic mass is 9.99. The van der Waals surface area contributed by atoms with Gasteiger partial charge in [0.05, 0.1) is 35.6 Å². The SMILES string of the molecule is COC(=O)c1c2c(nc3c1c(-c1ccc(C)cc1)nn3[C@@H]1CCS(=O)(=O)C1)CCC2. The van der Waals surface area contributed by atoms with E-state index >= 15 is 0 Å². The van der Waals surface area contributed by atoms with Crippen LogP contribution in [0.3, 0.4) is 0 Å². The molecule has 156 valence electrons. The topological polar surface area (TPSA) is 91.2 Å². The first-order chi connectivity index (χ1) is 14.4. The molecule has 0 bridgehead atoms. The molecule has 1 aliphatic heterocycles. The average molecular weight is 426 g/mol. The molecule has 30 heavy (non-hydrogen) atoms. The van der Waals surface area contributed by atoms with Gasteiger partial charge in [-0.05, 0) is 38.2 Å². The van der Waals surface area contributed by atoms with Gasteiger partial charge in [-0.2, -0.15) is 5.10 Å². The zero-order chi connectivity index (χ0) is 21.0. The molecule has 1 atom stereocenters. The number of methoxy groups -OCH3 is 1. The van der Waals surface area contributed by atoms with E-state index in [4.69, 9.17) is 14.8 Å². The van der Waals surface area contributed by atoms with Gasteiger partial charge >= 0.3 is 5.97 Å². The number of sulfone groups is 1. The Labute approximate surface area is 175 Å². The van der Waals surface area contributed by atoms with Crippen molar-refractivity contribution in [2.24, 2.45) is 0 Å². The van der Waals surface area contributed by atoms with Gasteiger partial charge in [-0.3, -0.25) is 0 Å². The lowest BCUT2D eigenvalue weighted by Crippen LogP contribution is -2.14. The summed E-state index contributed by atoms with van der Waals surface area (Å²) >= 11 is 0. The maximum Gasteiger partial charge on any atom is 0.339 e. The number of aryl methyl sites for hydroxylation is 2. The van der Waals surface area contributed by atoms with E-state index in [1.54, 1.807) is 4.68 Å². The zero-order valence-corrected chi connectivity index (χ0v) is 17.8. The Morgan fingerprint density at radius 2 is 1.97 bits per heavy atom. The molecule has 1 saturated heterocycles. The smallest absolute Gasteiger partial charge is 0.339 e. The van der Waals surface area contributed by atoms with Gasteiger partial charge in [0.25, 0.3) is 0 Å². The van der Waals surface area contributed by atoms with Crippen molar-refractivity contribution in [2.75, 3.05) is 18.6 Å². The van der Waals surface area contributed by atoms with E-state index in [1.807, 2.05) is 31.2 Å². The number of nitrogens with zero attached hydrogens (tertiary/aromatic N) is 3. The summed E-state index contributed by atoms with van der Waals surface area (Å²) in [6, 6.07) is 7.66. The average Bonchev–Trinajstić information content (AvgIpc) is 3.43. The Kier molecular flexibility index (Phi) is 4.43. The molecule has 0 saturated carbocycles. The van der Waals surface area contributed by atoms with Crippen LogP contribution in [0.15, 0.2) is 24.3 Å². The van der Waals surface area contributed by atoms with Crippen molar-refractivity contribution in [2.45, 2.75) is 38.6 Å². The zero-order valence-electron chi connectivity index (χ0n) is 17.0. The molecule has 0 N–H and O–H groups in total. The number of hydrogen-bond donors (Lipinski definition) is 0. The summed E-state index contributed by atoms with van der Waals surface area (Å²) in [4.78, 5) is 17.8. The van der Waals surface area contributed by atoms with Crippen LogP contribution in [0.2, 0.25) is 0 Å². The number of carbonyl (C=O) groups is 1. The first-order valence-corrected chi connectivity index (χ1v) is 12.0. The van der Waals surface area contributed by atoms with E-state index in [-0.39, 0.29) is 17.5 Å². The van der Waals surface area contributed by atoms with Crippen molar-refractivity contribution in [3.05, 3.63) is 46.6 Å². The van der Waals surface area contributed by atoms with Crippen LogP contribution in [0.5, 0.6) is 0 Å². The molecule has 5 rings (SSSR count). The highest BCUT2D eigenvalue weighted by molar-refractivity contribution is 7.91. The number of pyridine rings is 1. The molecule has 2 aliphatic rings. The van der Waals surface area contributed by atoms with Gasteiger partial charge in [-0.1, -0.05) is 29.8 Å². The maximum absolute atomic E-state index is 12.9. The van der Waals surface area contributed by atoms with Crippen LogP contribution in [0.25, 0.3) is 22.3 Å². The Morgan fingerprint density at radius 1 is 1.20 bits per heavy atom. The molecule has 0 amide bonds. The molecule has 1 aliphatic carbocycles. The molecular formula is C22H23N3O4S. The summed E-state index contributed by atoms with van der Waals surface area (Å²) in [5.74, 6) is -0.204. The monoisotopic (exact) mass is 425 g/mol. The number of rotatable bonds is 3. The third-order valence-corrected chi connectivity index (χ3v) is 7.89. The summed E-state index contributed by atoms with van der Waals surface area (Å²) in [6.07, 6.45) is 3.01. The maximum atomic E-state index is 12.9. The first-order valence-electron chi connectivity index (χ1n) is 10.2. The quantitative estimate of drug-likeness (QED) is 0.599. The minimum atomic E-state index is -3.10. The fraction of sp³-hybridized carbons (Fsp3) is 0.409. The van der Waals surface area contributed by atoms with Gasteiger partial charge in [-0.25, -0.2) is 22.9 Å². The van der Waals surface area contributed by atoms with Crippen molar-refractivity contribution >= 4 is 26.8 Å². The summed E-state index contributed by atoms with van der Waals surface area (Å²) in [7, 11) is -1.71. The highest BCUT2D eigenvalue weighted by Crippen LogP contribution is 2.38. The Morgan fingerprint density at radius 3 is 2.63 bits per heavy atom.